The predicted octanol–water partition coefficient (Wildman–Crippen LogP) is 6.49. The Morgan fingerprint density at radius 2 is 1.80 bits per heavy atom. The first-order valence-corrected chi connectivity index (χ1v) is 15.5. The summed E-state index contributed by atoms with van der Waals surface area (Å²) >= 11 is 1.57. The lowest BCUT2D eigenvalue weighted by Crippen LogP contribution is -2.45. The summed E-state index contributed by atoms with van der Waals surface area (Å²) in [5, 5.41) is 17.1. The number of hydrogen-bond acceptors (Lipinski definition) is 9. The normalized spacial score (nSPS) is 19.1. The standard InChI is InChI=1S/C27H20N8O3S2/c1-4-19(28-9-1)40(20-7-10-32-34-20,21-5-2-14-36-21,22-6-3-17-39-22)24(25-29-11-12-30-25)23(26-31-13-16-37-26)33-27(40)18-8-15-38-35-18/h1-17,28H,(H,29,30)(H,32,34). The predicted molar refractivity (Wildman–Crippen MR) is 148 cm³/mol. The van der Waals surface area contributed by atoms with Crippen molar-refractivity contribution in [1.29, 1.82) is 0 Å². The highest BCUT2D eigenvalue weighted by atomic mass is 32.4. The second kappa shape index (κ2) is 7.71. The zero-order chi connectivity index (χ0) is 26.7. The lowest BCUT2D eigenvalue weighted by Gasteiger charge is -2.73. The zero-order valence-corrected chi connectivity index (χ0v) is 22.2. The van der Waals surface area contributed by atoms with Crippen molar-refractivity contribution in [3.8, 4) is 0 Å². The second-order valence-corrected chi connectivity index (χ2v) is 15.9. The minimum atomic E-state index is -4.98. The fourth-order valence-corrected chi connectivity index (χ4v) is 17.0. The van der Waals surface area contributed by atoms with Crippen LogP contribution in [0, 0.1) is 0 Å². The molecule has 7 aromatic heterocycles. The first kappa shape index (κ1) is 22.8. The molecule has 11 nitrogen and oxygen atoms in total. The molecule has 1 aliphatic rings. The summed E-state index contributed by atoms with van der Waals surface area (Å²) in [5.41, 5.74) is 0.967. The molecule has 40 heavy (non-hydrogen) atoms. The molecule has 0 spiro atoms. The number of aromatic nitrogens is 7. The van der Waals surface area contributed by atoms with Gasteiger partial charge in [-0.1, -0.05) is 19.5 Å². The van der Waals surface area contributed by atoms with Crippen LogP contribution in [0.15, 0.2) is 141 Å². The molecular weight excluding hydrogens is 548 g/mol. The Kier molecular flexibility index (Phi) is 4.40. The average molecular weight is 569 g/mol. The molecule has 0 bridgehead atoms. The van der Waals surface area contributed by atoms with Crippen molar-refractivity contribution in [3.05, 3.63) is 121 Å². The van der Waals surface area contributed by atoms with Gasteiger partial charge < -0.3 is 23.3 Å². The van der Waals surface area contributed by atoms with Crippen LogP contribution in [0.3, 0.4) is 0 Å². The van der Waals surface area contributed by atoms with Crippen LogP contribution < -0.4 is 0 Å². The molecule has 7 aromatic rings. The van der Waals surface area contributed by atoms with E-state index in [2.05, 4.69) is 36.4 Å². The number of hydrogen-bond donors (Lipinski definition) is 3. The van der Waals surface area contributed by atoms with Gasteiger partial charge >= 0.3 is 0 Å². The highest BCUT2D eigenvalue weighted by molar-refractivity contribution is 8.80. The number of rotatable bonds is 7. The summed E-state index contributed by atoms with van der Waals surface area (Å²) in [6.07, 6.45) is 13.4. The van der Waals surface area contributed by atoms with Gasteiger partial charge in [0.1, 0.15) is 34.8 Å². The van der Waals surface area contributed by atoms with E-state index in [-0.39, 0.29) is 0 Å². The summed E-state index contributed by atoms with van der Waals surface area (Å²) in [7, 11) is -4.98. The van der Waals surface area contributed by atoms with Crippen molar-refractivity contribution in [1.82, 2.24) is 35.3 Å². The molecule has 1 aliphatic heterocycles. The summed E-state index contributed by atoms with van der Waals surface area (Å²) < 4.78 is 19.0. The van der Waals surface area contributed by atoms with Crippen LogP contribution in [0.4, 0.5) is 0 Å². The number of imidazole rings is 1. The minimum Gasteiger partial charge on any atom is -0.459 e. The van der Waals surface area contributed by atoms with Crippen LogP contribution in [0.5, 0.6) is 0 Å². The van der Waals surface area contributed by atoms with Gasteiger partial charge in [0.2, 0.25) is 5.89 Å². The topological polar surface area (TPSA) is 151 Å². The number of aromatic amines is 3. The monoisotopic (exact) mass is 568 g/mol. The summed E-state index contributed by atoms with van der Waals surface area (Å²) in [4.78, 5) is 22.5. The molecule has 0 saturated carbocycles. The maximum Gasteiger partial charge on any atom is 0.246 e. The van der Waals surface area contributed by atoms with Crippen molar-refractivity contribution in [2.45, 2.75) is 19.4 Å². The van der Waals surface area contributed by atoms with Gasteiger partial charge in [-0.05, 0) is 41.8 Å². The van der Waals surface area contributed by atoms with Crippen LogP contribution in [-0.2, 0) is 0 Å². The number of nitrogens with one attached hydrogen (secondary N) is 3. The van der Waals surface area contributed by atoms with Gasteiger partial charge in [0, 0.05) is 30.9 Å². The van der Waals surface area contributed by atoms with Crippen LogP contribution in [0.25, 0.3) is 10.6 Å². The Labute approximate surface area is 229 Å². The van der Waals surface area contributed by atoms with Gasteiger partial charge in [0.15, 0.2) is 5.09 Å². The second-order valence-electron chi connectivity index (χ2n) is 9.10. The molecule has 0 amide bonds. The van der Waals surface area contributed by atoms with Crippen molar-refractivity contribution in [2.24, 2.45) is 4.99 Å². The molecule has 3 N–H and O–H groups in total. The lowest BCUT2D eigenvalue weighted by atomic mass is 10.3. The molecule has 0 fully saturated rings. The third kappa shape index (κ3) is 2.17. The maximum absolute atomic E-state index is 6.65. The van der Waals surface area contributed by atoms with E-state index in [1.165, 1.54) is 12.5 Å². The molecule has 0 unspecified atom stereocenters. The molecule has 0 aliphatic carbocycles. The van der Waals surface area contributed by atoms with Crippen LogP contribution in [0.2, 0.25) is 0 Å². The fourth-order valence-electron chi connectivity index (χ4n) is 6.21. The number of aliphatic imine (C=N–C) groups is 1. The molecule has 198 valence electrons. The molecule has 0 atom stereocenters. The fraction of sp³-hybridized carbons (Fsp3) is 0. The van der Waals surface area contributed by atoms with E-state index < -0.39 is 8.29 Å². The molecule has 8 heterocycles. The van der Waals surface area contributed by atoms with E-state index in [1.54, 1.807) is 48.5 Å². The van der Waals surface area contributed by atoms with Crippen molar-refractivity contribution in [2.75, 3.05) is 0 Å². The summed E-state index contributed by atoms with van der Waals surface area (Å²) in [6.45, 7) is 0. The smallest absolute Gasteiger partial charge is 0.246 e. The average Bonchev–Trinajstić information content (AvgIpc) is 3.84. The highest BCUT2D eigenvalue weighted by Crippen LogP contribution is 3.13. The van der Waals surface area contributed by atoms with Crippen molar-refractivity contribution >= 4 is 35.3 Å². The molecule has 0 saturated heterocycles. The van der Waals surface area contributed by atoms with Crippen LogP contribution in [-0.4, -0.2) is 40.3 Å². The first-order valence-electron chi connectivity index (χ1n) is 12.2. The Hall–Kier alpha value is -5.14. The summed E-state index contributed by atoms with van der Waals surface area (Å²) in [5.74, 6) is 0.857. The van der Waals surface area contributed by atoms with Crippen LogP contribution >= 0.6 is 19.6 Å². The van der Waals surface area contributed by atoms with Gasteiger partial charge in [-0.15, -0.1) is 11.3 Å². The third-order valence-corrected chi connectivity index (χ3v) is 17.5. The Bertz CT molecular complexity index is 1810. The van der Waals surface area contributed by atoms with E-state index in [0.717, 1.165) is 14.3 Å². The van der Waals surface area contributed by atoms with Gasteiger partial charge in [0.25, 0.3) is 0 Å². The molecule has 8 rings (SSSR count). The van der Waals surface area contributed by atoms with E-state index in [9.17, 15) is 0 Å². The largest absolute Gasteiger partial charge is 0.459 e. The van der Waals surface area contributed by atoms with E-state index in [1.807, 2.05) is 48.0 Å². The first-order chi connectivity index (χ1) is 19.8. The molecule has 13 heteroatoms. The molecular formula is C27H20N8O3S2. The number of oxazole rings is 1. The van der Waals surface area contributed by atoms with Crippen molar-refractivity contribution < 1.29 is 13.4 Å². The molecule has 0 aromatic carbocycles. The Morgan fingerprint density at radius 3 is 2.45 bits per heavy atom. The van der Waals surface area contributed by atoms with Crippen molar-refractivity contribution in [3.63, 3.8) is 0 Å². The van der Waals surface area contributed by atoms with E-state index >= 15 is 0 Å². The Morgan fingerprint density at radius 1 is 0.800 bits per heavy atom. The van der Waals surface area contributed by atoms with Crippen LogP contribution in [0.1, 0.15) is 17.4 Å². The number of nitrogens with zero attached hydrogens (tertiary/aromatic N) is 5. The molecule has 0 radical (unpaired) electrons. The van der Waals surface area contributed by atoms with Gasteiger partial charge in [0.05, 0.1) is 31.6 Å². The number of H-pyrrole nitrogens is 3. The number of thiophene rings is 1. The van der Waals surface area contributed by atoms with Gasteiger partial charge in [-0.3, -0.25) is 5.10 Å². The Balaban J connectivity index is 1.82. The quantitative estimate of drug-likeness (QED) is 0.199. The number of furan rings is 1. The third-order valence-electron chi connectivity index (χ3n) is 7.57. The van der Waals surface area contributed by atoms with E-state index in [4.69, 9.17) is 23.3 Å². The highest BCUT2D eigenvalue weighted by Gasteiger charge is 2.81. The zero-order valence-electron chi connectivity index (χ0n) is 20.6. The SMILES string of the molecule is c1c[nH]c(S2(c3ccn[nH]3)(c3ccco3)(c3cccs3)C(c3ccon3)=NC(c3ncco3)=C2c2ncc[nH]2)c1. The lowest BCUT2D eigenvalue weighted by molar-refractivity contribution is 0.418. The van der Waals surface area contributed by atoms with Gasteiger partial charge in [-0.25, -0.2) is 15.0 Å². The van der Waals surface area contributed by atoms with Gasteiger partial charge in [-0.2, -0.15) is 5.10 Å². The maximum atomic E-state index is 6.65. The minimum absolute atomic E-state index is 0.309. The summed E-state index contributed by atoms with van der Waals surface area (Å²) in [6, 6.07) is 15.7. The van der Waals surface area contributed by atoms with E-state index in [0.29, 0.717) is 38.1 Å².